The van der Waals surface area contributed by atoms with Gasteiger partial charge in [-0.2, -0.15) is 4.31 Å². The van der Waals surface area contributed by atoms with Crippen molar-refractivity contribution in [2.75, 3.05) is 32.8 Å². The maximum Gasteiger partial charge on any atom is 0.338 e. The van der Waals surface area contributed by atoms with Crippen LogP contribution in [-0.2, 0) is 19.6 Å². The van der Waals surface area contributed by atoms with Crippen LogP contribution in [0.3, 0.4) is 0 Å². The highest BCUT2D eigenvalue weighted by Crippen LogP contribution is 2.29. The van der Waals surface area contributed by atoms with Crippen molar-refractivity contribution in [1.82, 2.24) is 9.21 Å². The highest BCUT2D eigenvalue weighted by Gasteiger charge is 2.34. The van der Waals surface area contributed by atoms with Gasteiger partial charge in [0.1, 0.15) is 0 Å². The Morgan fingerprint density at radius 2 is 1.69 bits per heavy atom. The van der Waals surface area contributed by atoms with E-state index in [2.05, 4.69) is 0 Å². The molecule has 1 aliphatic heterocycles. The molecule has 0 unspecified atom stereocenters. The fourth-order valence-corrected chi connectivity index (χ4v) is 4.61. The molecule has 0 N–H and O–H groups in total. The first-order chi connectivity index (χ1) is 12.4. The predicted molar refractivity (Wildman–Crippen MR) is 95.1 cm³/mol. The molecule has 2 fully saturated rings. The number of hydrogen-bond donors (Lipinski definition) is 0. The second-order valence-electron chi connectivity index (χ2n) is 6.60. The van der Waals surface area contributed by atoms with Crippen molar-refractivity contribution in [1.29, 1.82) is 0 Å². The summed E-state index contributed by atoms with van der Waals surface area (Å²) < 4.78 is 31.9. The molecule has 1 saturated heterocycles. The summed E-state index contributed by atoms with van der Waals surface area (Å²) in [5.41, 5.74) is 0.321. The third kappa shape index (κ3) is 3.76. The van der Waals surface area contributed by atoms with Crippen LogP contribution >= 0.6 is 0 Å². The number of amides is 1. The van der Waals surface area contributed by atoms with E-state index in [0.717, 1.165) is 19.3 Å². The van der Waals surface area contributed by atoms with Crippen molar-refractivity contribution in [2.24, 2.45) is 5.92 Å². The summed E-state index contributed by atoms with van der Waals surface area (Å²) in [4.78, 5) is 25.9. The zero-order valence-corrected chi connectivity index (χ0v) is 15.7. The Kier molecular flexibility index (Phi) is 5.62. The van der Waals surface area contributed by atoms with Crippen molar-refractivity contribution < 1.29 is 22.7 Å². The fourth-order valence-electron chi connectivity index (χ4n) is 3.19. The van der Waals surface area contributed by atoms with E-state index in [0.29, 0.717) is 31.7 Å². The summed E-state index contributed by atoms with van der Waals surface area (Å²) in [6.45, 7) is 3.42. The van der Waals surface area contributed by atoms with Gasteiger partial charge in [0.2, 0.25) is 15.9 Å². The molecular formula is C18H24N2O5S. The van der Waals surface area contributed by atoms with Crippen molar-refractivity contribution in [3.05, 3.63) is 29.8 Å². The zero-order chi connectivity index (χ0) is 18.7. The molecule has 1 amide bonds. The Balaban J connectivity index is 1.63. The van der Waals surface area contributed by atoms with Crippen LogP contribution in [0, 0.1) is 5.92 Å². The molecule has 2 aliphatic rings. The Morgan fingerprint density at radius 3 is 2.19 bits per heavy atom. The first-order valence-corrected chi connectivity index (χ1v) is 10.4. The van der Waals surface area contributed by atoms with Gasteiger partial charge in [-0.25, -0.2) is 13.2 Å². The Bertz CT molecular complexity index is 763. The van der Waals surface area contributed by atoms with E-state index < -0.39 is 16.0 Å². The highest BCUT2D eigenvalue weighted by molar-refractivity contribution is 7.89. The van der Waals surface area contributed by atoms with Gasteiger partial charge in [-0.3, -0.25) is 4.79 Å². The number of esters is 1. The first-order valence-electron chi connectivity index (χ1n) is 8.99. The normalized spacial score (nSPS) is 19.0. The van der Waals surface area contributed by atoms with Crippen LogP contribution in [0.15, 0.2) is 29.2 Å². The van der Waals surface area contributed by atoms with Crippen LogP contribution in [0.5, 0.6) is 0 Å². The van der Waals surface area contributed by atoms with Gasteiger partial charge in [0.25, 0.3) is 0 Å². The molecule has 0 aromatic heterocycles. The van der Waals surface area contributed by atoms with E-state index in [1.807, 2.05) is 0 Å². The van der Waals surface area contributed by atoms with Crippen LogP contribution < -0.4 is 0 Å². The maximum absolute atomic E-state index is 12.8. The van der Waals surface area contributed by atoms with E-state index in [9.17, 15) is 18.0 Å². The third-order valence-electron chi connectivity index (χ3n) is 5.01. The van der Waals surface area contributed by atoms with Gasteiger partial charge in [0, 0.05) is 32.1 Å². The molecule has 1 aliphatic carbocycles. The third-order valence-corrected chi connectivity index (χ3v) is 6.92. The summed E-state index contributed by atoms with van der Waals surface area (Å²) in [7, 11) is -3.63. The molecule has 1 saturated carbocycles. The molecule has 0 atom stereocenters. The molecule has 0 radical (unpaired) electrons. The standard InChI is InChI=1S/C18H24N2O5S/c1-2-25-18(22)15-6-8-16(9-7-15)26(23,24)20-12-10-19(11-13-20)17(21)14-4-3-5-14/h6-9,14H,2-5,10-13H2,1H3. The molecule has 1 aromatic carbocycles. The quantitative estimate of drug-likeness (QED) is 0.723. The largest absolute Gasteiger partial charge is 0.462 e. The summed E-state index contributed by atoms with van der Waals surface area (Å²) in [6, 6.07) is 5.77. The smallest absolute Gasteiger partial charge is 0.338 e. The Labute approximate surface area is 154 Å². The molecule has 3 rings (SSSR count). The molecular weight excluding hydrogens is 356 g/mol. The Morgan fingerprint density at radius 1 is 1.08 bits per heavy atom. The number of sulfonamides is 1. The van der Waals surface area contributed by atoms with E-state index >= 15 is 0 Å². The summed E-state index contributed by atoms with van der Waals surface area (Å²) in [6.07, 6.45) is 3.00. The number of benzene rings is 1. The number of carbonyl (C=O) groups excluding carboxylic acids is 2. The minimum absolute atomic E-state index is 0.133. The van der Waals surface area contributed by atoms with Gasteiger partial charge in [0.15, 0.2) is 0 Å². The molecule has 142 valence electrons. The lowest BCUT2D eigenvalue weighted by Gasteiger charge is -2.37. The van der Waals surface area contributed by atoms with Gasteiger partial charge in [0.05, 0.1) is 17.1 Å². The van der Waals surface area contributed by atoms with Crippen LogP contribution in [0.2, 0.25) is 0 Å². The average Bonchev–Trinajstić information content (AvgIpc) is 2.60. The lowest BCUT2D eigenvalue weighted by atomic mass is 9.84. The lowest BCUT2D eigenvalue weighted by molar-refractivity contribution is -0.139. The average molecular weight is 380 g/mol. The van der Waals surface area contributed by atoms with Gasteiger partial charge in [-0.05, 0) is 44.0 Å². The van der Waals surface area contributed by atoms with Crippen molar-refractivity contribution >= 4 is 21.9 Å². The topological polar surface area (TPSA) is 84.0 Å². The molecule has 1 heterocycles. The molecule has 8 heteroatoms. The SMILES string of the molecule is CCOC(=O)c1ccc(S(=O)(=O)N2CCN(C(=O)C3CCC3)CC2)cc1. The molecule has 1 aromatic rings. The predicted octanol–water partition coefficient (Wildman–Crippen LogP) is 1.50. The van der Waals surface area contributed by atoms with E-state index in [-0.39, 0.29) is 23.3 Å². The first kappa shape index (κ1) is 18.8. The summed E-state index contributed by atoms with van der Waals surface area (Å²) >= 11 is 0. The maximum atomic E-state index is 12.8. The van der Waals surface area contributed by atoms with Crippen LogP contribution in [0.25, 0.3) is 0 Å². The van der Waals surface area contributed by atoms with Gasteiger partial charge in [-0.15, -0.1) is 0 Å². The lowest BCUT2D eigenvalue weighted by Crippen LogP contribution is -2.52. The monoisotopic (exact) mass is 380 g/mol. The minimum atomic E-state index is -3.63. The van der Waals surface area contributed by atoms with Crippen molar-refractivity contribution in [3.63, 3.8) is 0 Å². The molecule has 7 nitrogen and oxygen atoms in total. The number of rotatable bonds is 5. The van der Waals surface area contributed by atoms with E-state index in [1.54, 1.807) is 11.8 Å². The molecule has 0 spiro atoms. The molecule has 26 heavy (non-hydrogen) atoms. The van der Waals surface area contributed by atoms with Crippen LogP contribution in [0.1, 0.15) is 36.5 Å². The van der Waals surface area contributed by atoms with Crippen molar-refractivity contribution in [2.45, 2.75) is 31.1 Å². The number of hydrogen-bond acceptors (Lipinski definition) is 5. The summed E-state index contributed by atoms with van der Waals surface area (Å²) in [5, 5.41) is 0. The second-order valence-corrected chi connectivity index (χ2v) is 8.54. The van der Waals surface area contributed by atoms with Crippen LogP contribution in [-0.4, -0.2) is 62.3 Å². The number of piperazine rings is 1. The van der Waals surface area contributed by atoms with Gasteiger partial charge in [-0.1, -0.05) is 6.42 Å². The van der Waals surface area contributed by atoms with E-state index in [1.165, 1.54) is 28.6 Å². The zero-order valence-electron chi connectivity index (χ0n) is 14.9. The fraction of sp³-hybridized carbons (Fsp3) is 0.556. The number of carbonyl (C=O) groups is 2. The number of nitrogens with zero attached hydrogens (tertiary/aromatic N) is 2. The van der Waals surface area contributed by atoms with Gasteiger partial charge < -0.3 is 9.64 Å². The molecule has 0 bridgehead atoms. The van der Waals surface area contributed by atoms with Crippen LogP contribution in [0.4, 0.5) is 0 Å². The minimum Gasteiger partial charge on any atom is -0.462 e. The highest BCUT2D eigenvalue weighted by atomic mass is 32.2. The second kappa shape index (κ2) is 7.75. The van der Waals surface area contributed by atoms with Gasteiger partial charge >= 0.3 is 5.97 Å². The summed E-state index contributed by atoms with van der Waals surface area (Å²) in [5.74, 6) is -0.180. The number of ether oxygens (including phenoxy) is 1. The van der Waals surface area contributed by atoms with E-state index in [4.69, 9.17) is 4.74 Å². The van der Waals surface area contributed by atoms with Crippen molar-refractivity contribution in [3.8, 4) is 0 Å². The Hall–Kier alpha value is -1.93.